The van der Waals surface area contributed by atoms with Crippen LogP contribution in [0.3, 0.4) is 0 Å². The third-order valence-electron chi connectivity index (χ3n) is 3.99. The lowest BCUT2D eigenvalue weighted by atomic mass is 10.3. The van der Waals surface area contributed by atoms with E-state index >= 15 is 0 Å². The molecule has 1 fully saturated rings. The zero-order chi connectivity index (χ0) is 16.4. The third kappa shape index (κ3) is 3.06. The van der Waals surface area contributed by atoms with Crippen molar-refractivity contribution in [2.75, 3.05) is 0 Å². The molecule has 3 aromatic rings. The Morgan fingerprint density at radius 1 is 1.12 bits per heavy atom. The zero-order valence-electron chi connectivity index (χ0n) is 13.5. The van der Waals surface area contributed by atoms with Gasteiger partial charge in [0.05, 0.1) is 5.75 Å². The molecule has 24 heavy (non-hydrogen) atoms. The molecule has 0 amide bonds. The van der Waals surface area contributed by atoms with Gasteiger partial charge in [0.2, 0.25) is 0 Å². The van der Waals surface area contributed by atoms with Crippen LogP contribution in [-0.4, -0.2) is 35.0 Å². The lowest BCUT2D eigenvalue weighted by Gasteiger charge is -2.09. The van der Waals surface area contributed by atoms with Crippen molar-refractivity contribution < 1.29 is 0 Å². The molecule has 7 nitrogen and oxygen atoms in total. The number of nitrogens with zero attached hydrogens (tertiary/aromatic N) is 7. The second kappa shape index (κ2) is 6.72. The van der Waals surface area contributed by atoms with E-state index < -0.39 is 0 Å². The summed E-state index contributed by atoms with van der Waals surface area (Å²) >= 11 is 1.63. The van der Waals surface area contributed by atoms with Crippen molar-refractivity contribution in [2.24, 2.45) is 0 Å². The second-order valence-electron chi connectivity index (χ2n) is 5.89. The maximum atomic E-state index is 4.45. The van der Waals surface area contributed by atoms with Crippen LogP contribution in [0.4, 0.5) is 0 Å². The molecule has 2 aromatic heterocycles. The van der Waals surface area contributed by atoms with Crippen LogP contribution in [0.2, 0.25) is 0 Å². The highest BCUT2D eigenvalue weighted by atomic mass is 32.2. The van der Waals surface area contributed by atoms with E-state index in [1.54, 1.807) is 11.8 Å². The van der Waals surface area contributed by atoms with Crippen LogP contribution in [0.5, 0.6) is 0 Å². The van der Waals surface area contributed by atoms with Crippen LogP contribution in [-0.2, 0) is 12.3 Å². The SMILES string of the molecule is CCCn1nnnc1CSc1nnc(C2CC2)n1-c1ccccc1. The van der Waals surface area contributed by atoms with Crippen molar-refractivity contribution in [2.45, 2.75) is 49.6 Å². The number of tetrazole rings is 1. The molecule has 0 bridgehead atoms. The van der Waals surface area contributed by atoms with Crippen LogP contribution in [0, 0.1) is 0 Å². The van der Waals surface area contributed by atoms with Gasteiger partial charge in [-0.1, -0.05) is 36.9 Å². The van der Waals surface area contributed by atoms with Crippen molar-refractivity contribution >= 4 is 11.8 Å². The van der Waals surface area contributed by atoms with Gasteiger partial charge in [0.15, 0.2) is 11.0 Å². The summed E-state index contributed by atoms with van der Waals surface area (Å²) in [6.45, 7) is 2.95. The summed E-state index contributed by atoms with van der Waals surface area (Å²) in [4.78, 5) is 0. The van der Waals surface area contributed by atoms with Crippen LogP contribution >= 0.6 is 11.8 Å². The standard InChI is InChI=1S/C16H19N7S/c1-2-10-22-14(17-20-21-22)11-24-16-19-18-15(12-8-9-12)23(16)13-6-4-3-5-7-13/h3-7,12H,2,8-11H2,1H3. The predicted molar refractivity (Wildman–Crippen MR) is 91.0 cm³/mol. The lowest BCUT2D eigenvalue weighted by molar-refractivity contribution is 0.564. The van der Waals surface area contributed by atoms with Gasteiger partial charge in [0.25, 0.3) is 0 Å². The summed E-state index contributed by atoms with van der Waals surface area (Å²) in [7, 11) is 0. The van der Waals surface area contributed by atoms with Crippen molar-refractivity contribution in [1.82, 2.24) is 35.0 Å². The molecule has 0 aliphatic heterocycles. The van der Waals surface area contributed by atoms with Gasteiger partial charge in [-0.2, -0.15) is 0 Å². The minimum atomic E-state index is 0.539. The fourth-order valence-electron chi connectivity index (χ4n) is 2.64. The topological polar surface area (TPSA) is 74.3 Å². The number of aryl methyl sites for hydroxylation is 1. The van der Waals surface area contributed by atoms with E-state index in [0.717, 1.165) is 35.5 Å². The average molecular weight is 341 g/mol. The molecule has 0 atom stereocenters. The first-order valence-corrected chi connectivity index (χ1v) is 9.24. The van der Waals surface area contributed by atoms with Gasteiger partial charge in [0.1, 0.15) is 5.82 Å². The Kier molecular flexibility index (Phi) is 4.29. The third-order valence-corrected chi connectivity index (χ3v) is 4.91. The minimum Gasteiger partial charge on any atom is -0.274 e. The summed E-state index contributed by atoms with van der Waals surface area (Å²) < 4.78 is 4.04. The monoisotopic (exact) mass is 341 g/mol. The molecule has 1 aliphatic rings. The average Bonchev–Trinajstić information content (AvgIpc) is 3.22. The molecule has 1 aliphatic carbocycles. The largest absolute Gasteiger partial charge is 0.274 e. The molecule has 0 saturated heterocycles. The van der Waals surface area contributed by atoms with E-state index in [9.17, 15) is 0 Å². The van der Waals surface area contributed by atoms with E-state index in [2.05, 4.69) is 49.3 Å². The van der Waals surface area contributed by atoms with E-state index in [4.69, 9.17) is 0 Å². The van der Waals surface area contributed by atoms with E-state index in [-0.39, 0.29) is 0 Å². The number of aromatic nitrogens is 7. The predicted octanol–water partition coefficient (Wildman–Crippen LogP) is 2.83. The van der Waals surface area contributed by atoms with Crippen LogP contribution in [0.25, 0.3) is 5.69 Å². The first-order valence-electron chi connectivity index (χ1n) is 8.25. The van der Waals surface area contributed by atoms with Crippen LogP contribution in [0.1, 0.15) is 43.8 Å². The van der Waals surface area contributed by atoms with Gasteiger partial charge in [0, 0.05) is 18.2 Å². The molecule has 8 heteroatoms. The Morgan fingerprint density at radius 2 is 1.96 bits per heavy atom. The zero-order valence-corrected chi connectivity index (χ0v) is 14.4. The molecule has 0 spiro atoms. The van der Waals surface area contributed by atoms with Crippen molar-refractivity contribution in [3.63, 3.8) is 0 Å². The molecular weight excluding hydrogens is 322 g/mol. The summed E-state index contributed by atoms with van der Waals surface area (Å²) in [5.74, 6) is 3.16. The minimum absolute atomic E-state index is 0.539. The molecular formula is C16H19N7S. The Labute approximate surface area is 144 Å². The normalized spacial score (nSPS) is 14.2. The number of para-hydroxylation sites is 1. The maximum Gasteiger partial charge on any atom is 0.196 e. The molecule has 0 N–H and O–H groups in total. The summed E-state index contributed by atoms with van der Waals surface area (Å²) in [6, 6.07) is 10.3. The number of hydrogen-bond donors (Lipinski definition) is 0. The number of benzene rings is 1. The summed E-state index contributed by atoms with van der Waals surface area (Å²) in [5.41, 5.74) is 1.11. The van der Waals surface area contributed by atoms with E-state index in [1.807, 2.05) is 22.9 Å². The quantitative estimate of drug-likeness (QED) is 0.615. The Morgan fingerprint density at radius 3 is 2.71 bits per heavy atom. The smallest absolute Gasteiger partial charge is 0.196 e. The number of hydrogen-bond acceptors (Lipinski definition) is 6. The summed E-state index contributed by atoms with van der Waals surface area (Å²) in [6.07, 6.45) is 3.41. The van der Waals surface area contributed by atoms with E-state index in [1.165, 1.54) is 12.8 Å². The highest BCUT2D eigenvalue weighted by Gasteiger charge is 2.31. The first kappa shape index (κ1) is 15.3. The molecule has 4 rings (SSSR count). The van der Waals surface area contributed by atoms with Crippen LogP contribution < -0.4 is 0 Å². The van der Waals surface area contributed by atoms with Gasteiger partial charge in [-0.05, 0) is 41.8 Å². The summed E-state index contributed by atoms with van der Waals surface area (Å²) in [5, 5.41) is 21.7. The highest BCUT2D eigenvalue weighted by molar-refractivity contribution is 7.98. The molecule has 1 aromatic carbocycles. The van der Waals surface area contributed by atoms with Gasteiger partial charge >= 0.3 is 0 Å². The Balaban J connectivity index is 1.60. The van der Waals surface area contributed by atoms with Gasteiger partial charge in [-0.15, -0.1) is 15.3 Å². The molecule has 0 unspecified atom stereocenters. The molecule has 0 radical (unpaired) electrons. The van der Waals surface area contributed by atoms with E-state index in [0.29, 0.717) is 11.7 Å². The van der Waals surface area contributed by atoms with Crippen molar-refractivity contribution in [1.29, 1.82) is 0 Å². The first-order chi connectivity index (χ1) is 11.9. The van der Waals surface area contributed by atoms with Gasteiger partial charge in [-0.25, -0.2) is 4.68 Å². The van der Waals surface area contributed by atoms with Gasteiger partial charge in [-0.3, -0.25) is 4.57 Å². The molecule has 124 valence electrons. The Bertz CT molecular complexity index is 807. The highest BCUT2D eigenvalue weighted by Crippen LogP contribution is 2.41. The van der Waals surface area contributed by atoms with Crippen LogP contribution in [0.15, 0.2) is 35.5 Å². The number of thioether (sulfide) groups is 1. The van der Waals surface area contributed by atoms with Crippen molar-refractivity contribution in [3.05, 3.63) is 42.0 Å². The van der Waals surface area contributed by atoms with Gasteiger partial charge < -0.3 is 0 Å². The maximum absolute atomic E-state index is 4.45. The molecule has 1 saturated carbocycles. The molecule has 2 heterocycles. The fourth-order valence-corrected chi connectivity index (χ4v) is 3.53. The van der Waals surface area contributed by atoms with Crippen molar-refractivity contribution in [3.8, 4) is 5.69 Å². The lowest BCUT2D eigenvalue weighted by Crippen LogP contribution is -2.05. The fraction of sp³-hybridized carbons (Fsp3) is 0.438. The second-order valence-corrected chi connectivity index (χ2v) is 6.84. The number of rotatable bonds is 7. The Hall–Kier alpha value is -2.22.